The molecule has 2 aliphatic heterocycles. The molecule has 1 aromatic heterocycles. The van der Waals surface area contributed by atoms with Crippen molar-refractivity contribution in [1.29, 1.82) is 5.26 Å². The Balaban J connectivity index is 1.50. The molecule has 2 aromatic carbocycles. The number of hydrogen-bond acceptors (Lipinski definition) is 4. The van der Waals surface area contributed by atoms with Gasteiger partial charge in [-0.2, -0.15) is 5.26 Å². The van der Waals surface area contributed by atoms with Crippen LogP contribution in [0, 0.1) is 11.3 Å². The molecule has 2 aliphatic rings. The van der Waals surface area contributed by atoms with Gasteiger partial charge in [0, 0.05) is 30.9 Å². The number of hydrogen-bond donors (Lipinski definition) is 1. The molecular weight excluding hydrogens is 376 g/mol. The predicted octanol–water partition coefficient (Wildman–Crippen LogP) is 3.91. The number of nitriles is 1. The average Bonchev–Trinajstić information content (AvgIpc) is 3.30. The van der Waals surface area contributed by atoms with Crippen molar-refractivity contribution in [2.24, 2.45) is 0 Å². The number of carbonyl (C=O) groups excluding carboxylic acids is 1. The zero-order chi connectivity index (χ0) is 20.7. The number of carbonyl (C=O) groups is 1. The molecule has 5 rings (SSSR count). The van der Waals surface area contributed by atoms with Crippen LogP contribution >= 0.6 is 0 Å². The highest BCUT2D eigenvalue weighted by molar-refractivity contribution is 5.94. The van der Waals surface area contributed by atoms with Gasteiger partial charge in [0.1, 0.15) is 5.75 Å². The highest BCUT2D eigenvalue weighted by Crippen LogP contribution is 2.43. The van der Waals surface area contributed by atoms with Gasteiger partial charge in [0.05, 0.1) is 41.4 Å². The molecule has 1 saturated heterocycles. The number of piperidine rings is 1. The maximum absolute atomic E-state index is 13.2. The van der Waals surface area contributed by atoms with Gasteiger partial charge in [-0.3, -0.25) is 4.79 Å². The number of ether oxygens (including phenoxy) is 1. The summed E-state index contributed by atoms with van der Waals surface area (Å²) >= 11 is 0. The van der Waals surface area contributed by atoms with E-state index in [2.05, 4.69) is 40.3 Å². The number of nitrogens with zero attached hydrogens (tertiary/aromatic N) is 3. The van der Waals surface area contributed by atoms with Gasteiger partial charge in [-0.05, 0) is 61.4 Å². The molecule has 1 N–H and O–H groups in total. The Bertz CT molecular complexity index is 1160. The van der Waals surface area contributed by atoms with Crippen LogP contribution in [0.2, 0.25) is 0 Å². The molecule has 0 bridgehead atoms. The first-order valence-corrected chi connectivity index (χ1v) is 10.1. The summed E-state index contributed by atoms with van der Waals surface area (Å²) in [5, 5.41) is 12.8. The zero-order valence-electron chi connectivity index (χ0n) is 16.8. The topological polar surface area (TPSA) is 70.3 Å². The minimum Gasteiger partial charge on any atom is -0.497 e. The number of nitrogens with one attached hydrogen (secondary N) is 1. The average molecular weight is 398 g/mol. The smallest absolute Gasteiger partial charge is 0.253 e. The molecule has 1 amide bonds. The van der Waals surface area contributed by atoms with Crippen molar-refractivity contribution in [2.45, 2.75) is 18.4 Å². The Kier molecular flexibility index (Phi) is 4.25. The molecule has 1 unspecified atom stereocenters. The monoisotopic (exact) mass is 398 g/mol. The lowest BCUT2D eigenvalue weighted by Gasteiger charge is -2.47. The summed E-state index contributed by atoms with van der Waals surface area (Å²) in [5.41, 5.74) is 4.06. The van der Waals surface area contributed by atoms with E-state index in [1.54, 1.807) is 31.4 Å². The van der Waals surface area contributed by atoms with E-state index < -0.39 is 0 Å². The van der Waals surface area contributed by atoms with Crippen molar-refractivity contribution in [1.82, 2.24) is 9.47 Å². The van der Waals surface area contributed by atoms with E-state index in [0.717, 1.165) is 35.7 Å². The molecular formula is C24H22N4O2. The summed E-state index contributed by atoms with van der Waals surface area (Å²) in [4.78, 5) is 15.1. The van der Waals surface area contributed by atoms with Gasteiger partial charge in [0.25, 0.3) is 5.91 Å². The van der Waals surface area contributed by atoms with Crippen LogP contribution in [0.1, 0.15) is 34.5 Å². The number of anilines is 1. The fourth-order valence-electron chi connectivity index (χ4n) is 4.67. The van der Waals surface area contributed by atoms with Crippen LogP contribution in [0.3, 0.4) is 0 Å². The van der Waals surface area contributed by atoms with Crippen LogP contribution < -0.4 is 10.1 Å². The van der Waals surface area contributed by atoms with Gasteiger partial charge in [0.15, 0.2) is 0 Å². The quantitative estimate of drug-likeness (QED) is 0.710. The number of aromatic nitrogens is 1. The predicted molar refractivity (Wildman–Crippen MR) is 114 cm³/mol. The molecule has 150 valence electrons. The van der Waals surface area contributed by atoms with Crippen LogP contribution in [0.4, 0.5) is 5.69 Å². The van der Waals surface area contributed by atoms with Gasteiger partial charge in [0.2, 0.25) is 0 Å². The third-order valence-corrected chi connectivity index (χ3v) is 6.12. The molecule has 1 spiro atoms. The number of rotatable bonds is 2. The van der Waals surface area contributed by atoms with E-state index in [0.29, 0.717) is 24.2 Å². The molecule has 1 atom stereocenters. The fraction of sp³-hybridized carbons (Fsp3) is 0.250. The van der Waals surface area contributed by atoms with Gasteiger partial charge in [-0.25, -0.2) is 0 Å². The molecule has 30 heavy (non-hydrogen) atoms. The standard InChI is InChI=1S/C24H22N4O2/c1-30-19-9-10-21-20(14-19)26-24(22-4-2-13-28(21)22)11-3-12-27(16-24)23(29)18-7-5-17(15-25)6-8-18/h2,4-10,13-14,26H,3,11-12,16H2,1H3. The summed E-state index contributed by atoms with van der Waals surface area (Å²) in [6.07, 6.45) is 3.91. The summed E-state index contributed by atoms with van der Waals surface area (Å²) in [7, 11) is 1.67. The van der Waals surface area contributed by atoms with Crippen molar-refractivity contribution in [3.8, 4) is 17.5 Å². The minimum atomic E-state index is -0.358. The fourth-order valence-corrected chi connectivity index (χ4v) is 4.67. The van der Waals surface area contributed by atoms with E-state index >= 15 is 0 Å². The lowest BCUT2D eigenvalue weighted by atomic mass is 9.83. The summed E-state index contributed by atoms with van der Waals surface area (Å²) in [6.45, 7) is 1.29. The summed E-state index contributed by atoms with van der Waals surface area (Å²) in [6, 6.07) is 19.2. The number of methoxy groups -OCH3 is 1. The second kappa shape index (κ2) is 6.96. The van der Waals surface area contributed by atoms with E-state index in [9.17, 15) is 4.79 Å². The van der Waals surface area contributed by atoms with Crippen LogP contribution in [0.5, 0.6) is 5.75 Å². The van der Waals surface area contributed by atoms with Gasteiger partial charge < -0.3 is 19.5 Å². The second-order valence-corrected chi connectivity index (χ2v) is 7.87. The normalized spacial score (nSPS) is 19.4. The number of benzene rings is 2. The van der Waals surface area contributed by atoms with Crippen molar-refractivity contribution in [2.75, 3.05) is 25.5 Å². The van der Waals surface area contributed by atoms with Crippen LogP contribution in [0.25, 0.3) is 5.69 Å². The first-order valence-electron chi connectivity index (χ1n) is 10.1. The van der Waals surface area contributed by atoms with Crippen molar-refractivity contribution >= 4 is 11.6 Å². The molecule has 0 saturated carbocycles. The van der Waals surface area contributed by atoms with Crippen LogP contribution in [-0.4, -0.2) is 35.6 Å². The van der Waals surface area contributed by atoms with Crippen molar-refractivity contribution < 1.29 is 9.53 Å². The summed E-state index contributed by atoms with van der Waals surface area (Å²) in [5.74, 6) is 0.795. The maximum atomic E-state index is 13.2. The van der Waals surface area contributed by atoms with E-state index in [1.165, 1.54) is 0 Å². The maximum Gasteiger partial charge on any atom is 0.253 e. The highest BCUT2D eigenvalue weighted by Gasteiger charge is 2.43. The third kappa shape index (κ3) is 2.82. The first kappa shape index (κ1) is 18.3. The molecule has 0 aliphatic carbocycles. The lowest BCUT2D eigenvalue weighted by Crippen LogP contribution is -2.54. The Morgan fingerprint density at radius 1 is 1.20 bits per heavy atom. The Morgan fingerprint density at radius 2 is 2.03 bits per heavy atom. The minimum absolute atomic E-state index is 0.00471. The van der Waals surface area contributed by atoms with E-state index in [-0.39, 0.29) is 11.4 Å². The van der Waals surface area contributed by atoms with E-state index in [4.69, 9.17) is 10.00 Å². The number of fused-ring (bicyclic) bond motifs is 4. The van der Waals surface area contributed by atoms with Gasteiger partial charge in [-0.15, -0.1) is 0 Å². The van der Waals surface area contributed by atoms with Crippen LogP contribution in [-0.2, 0) is 5.54 Å². The van der Waals surface area contributed by atoms with Gasteiger partial charge >= 0.3 is 0 Å². The Labute approximate surface area is 175 Å². The van der Waals surface area contributed by atoms with Crippen molar-refractivity contribution in [3.05, 3.63) is 77.6 Å². The summed E-state index contributed by atoms with van der Waals surface area (Å²) < 4.78 is 7.63. The molecule has 3 aromatic rings. The number of amides is 1. The first-order chi connectivity index (χ1) is 14.6. The SMILES string of the molecule is COc1ccc2c(c1)NC1(CCCN(C(=O)c3ccc(C#N)cc3)C1)c1cccn1-2. The lowest BCUT2D eigenvalue weighted by molar-refractivity contribution is 0.0652. The van der Waals surface area contributed by atoms with Crippen LogP contribution in [0.15, 0.2) is 60.8 Å². The number of likely N-dealkylation sites (tertiary alicyclic amines) is 1. The largest absolute Gasteiger partial charge is 0.497 e. The molecule has 1 fully saturated rings. The molecule has 6 nitrogen and oxygen atoms in total. The van der Waals surface area contributed by atoms with Gasteiger partial charge in [-0.1, -0.05) is 0 Å². The molecule has 6 heteroatoms. The third-order valence-electron chi connectivity index (χ3n) is 6.12. The highest BCUT2D eigenvalue weighted by atomic mass is 16.5. The Hall–Kier alpha value is -3.72. The molecule has 3 heterocycles. The van der Waals surface area contributed by atoms with Crippen molar-refractivity contribution in [3.63, 3.8) is 0 Å². The second-order valence-electron chi connectivity index (χ2n) is 7.87. The molecule has 0 radical (unpaired) electrons. The zero-order valence-corrected chi connectivity index (χ0v) is 16.8. The Morgan fingerprint density at radius 3 is 2.80 bits per heavy atom. The van der Waals surface area contributed by atoms with E-state index in [1.807, 2.05) is 17.0 Å².